The Morgan fingerprint density at radius 2 is 1.85 bits per heavy atom. The van der Waals surface area contributed by atoms with Crippen LogP contribution in [0.2, 0.25) is 5.02 Å². The number of hydrogen-bond donors (Lipinski definition) is 1. The lowest BCUT2D eigenvalue weighted by Gasteiger charge is -2.32. The standard InChI is InChI=1S/C27H27ClN4O2/c28-21-8-9-24-23(18-21)27(34)32-13-4-7-22(25(32)30-24)26(33)29-12-16-31-14-10-20(11-15-31)17-19-5-2-1-3-6-19/h1-9,13,18,20H,10-12,14-17H2,(H,29,33). The number of amides is 1. The molecule has 3 heterocycles. The summed E-state index contributed by atoms with van der Waals surface area (Å²) < 4.78 is 1.41. The summed E-state index contributed by atoms with van der Waals surface area (Å²) in [6, 6.07) is 19.1. The van der Waals surface area contributed by atoms with Crippen LogP contribution in [-0.4, -0.2) is 46.4 Å². The van der Waals surface area contributed by atoms with Crippen LogP contribution in [0.25, 0.3) is 16.6 Å². The summed E-state index contributed by atoms with van der Waals surface area (Å²) in [4.78, 5) is 32.8. The van der Waals surface area contributed by atoms with E-state index in [2.05, 4.69) is 45.5 Å². The smallest absolute Gasteiger partial charge is 0.265 e. The zero-order valence-corrected chi connectivity index (χ0v) is 19.7. The molecule has 4 aromatic rings. The number of rotatable bonds is 6. The quantitative estimate of drug-likeness (QED) is 0.426. The topological polar surface area (TPSA) is 66.7 Å². The molecule has 0 spiro atoms. The summed E-state index contributed by atoms with van der Waals surface area (Å²) in [6.07, 6.45) is 5.12. The number of nitrogens with one attached hydrogen (secondary N) is 1. The van der Waals surface area contributed by atoms with Gasteiger partial charge in [-0.2, -0.15) is 0 Å². The van der Waals surface area contributed by atoms with Gasteiger partial charge in [0.2, 0.25) is 0 Å². The Balaban J connectivity index is 1.20. The molecule has 34 heavy (non-hydrogen) atoms. The van der Waals surface area contributed by atoms with Crippen molar-refractivity contribution in [3.05, 3.63) is 93.4 Å². The maximum atomic E-state index is 13.0. The average molecular weight is 475 g/mol. The van der Waals surface area contributed by atoms with Crippen molar-refractivity contribution >= 4 is 34.1 Å². The first-order chi connectivity index (χ1) is 16.6. The highest BCUT2D eigenvalue weighted by molar-refractivity contribution is 6.31. The Hall–Kier alpha value is -3.22. The van der Waals surface area contributed by atoms with Crippen molar-refractivity contribution in [1.29, 1.82) is 0 Å². The van der Waals surface area contributed by atoms with Crippen LogP contribution in [0.5, 0.6) is 0 Å². The molecular weight excluding hydrogens is 448 g/mol. The normalized spacial score (nSPS) is 15.1. The Morgan fingerprint density at radius 1 is 1.06 bits per heavy atom. The third kappa shape index (κ3) is 4.83. The Kier molecular flexibility index (Phi) is 6.61. The van der Waals surface area contributed by atoms with Gasteiger partial charge in [-0.25, -0.2) is 4.98 Å². The van der Waals surface area contributed by atoms with Crippen molar-refractivity contribution in [2.24, 2.45) is 5.92 Å². The summed E-state index contributed by atoms with van der Waals surface area (Å²) in [6.45, 7) is 3.46. The summed E-state index contributed by atoms with van der Waals surface area (Å²) in [5.74, 6) is 0.496. The minimum Gasteiger partial charge on any atom is -0.351 e. The van der Waals surface area contributed by atoms with Crippen LogP contribution in [-0.2, 0) is 6.42 Å². The number of pyridine rings is 1. The highest BCUT2D eigenvalue weighted by atomic mass is 35.5. The largest absolute Gasteiger partial charge is 0.351 e. The first-order valence-electron chi connectivity index (χ1n) is 11.7. The molecule has 1 N–H and O–H groups in total. The van der Waals surface area contributed by atoms with E-state index in [4.69, 9.17) is 11.6 Å². The SMILES string of the molecule is O=C(NCCN1CCC(Cc2ccccc2)CC1)c1cccn2c(=O)c3cc(Cl)ccc3nc12. The van der Waals surface area contributed by atoms with E-state index in [1.54, 1.807) is 36.5 Å². The Labute approximate surface area is 203 Å². The lowest BCUT2D eigenvalue weighted by molar-refractivity contribution is 0.0945. The molecule has 2 aromatic heterocycles. The van der Waals surface area contributed by atoms with Crippen LogP contribution in [0.1, 0.15) is 28.8 Å². The number of fused-ring (bicyclic) bond motifs is 2. The molecule has 7 heteroatoms. The van der Waals surface area contributed by atoms with E-state index in [1.165, 1.54) is 22.8 Å². The Bertz CT molecular complexity index is 1380. The van der Waals surface area contributed by atoms with Gasteiger partial charge in [-0.15, -0.1) is 0 Å². The fourth-order valence-corrected chi connectivity index (χ4v) is 4.93. The number of likely N-dealkylation sites (tertiary alicyclic amines) is 1. The lowest BCUT2D eigenvalue weighted by atomic mass is 9.90. The zero-order chi connectivity index (χ0) is 23.5. The second-order valence-electron chi connectivity index (χ2n) is 8.92. The summed E-state index contributed by atoms with van der Waals surface area (Å²) in [5.41, 5.74) is 2.43. The monoisotopic (exact) mass is 474 g/mol. The predicted octanol–water partition coefficient (Wildman–Crippen LogP) is 4.19. The molecule has 2 aromatic carbocycles. The van der Waals surface area contributed by atoms with E-state index in [9.17, 15) is 9.59 Å². The number of benzene rings is 2. The molecule has 6 nitrogen and oxygen atoms in total. The van der Waals surface area contributed by atoms with E-state index < -0.39 is 0 Å². The summed E-state index contributed by atoms with van der Waals surface area (Å²) in [5, 5.41) is 3.91. The molecule has 1 saturated heterocycles. The maximum Gasteiger partial charge on any atom is 0.265 e. The second kappa shape index (κ2) is 9.95. The molecule has 5 rings (SSSR count). The number of nitrogens with zero attached hydrogens (tertiary/aromatic N) is 3. The first-order valence-corrected chi connectivity index (χ1v) is 12.1. The first kappa shape index (κ1) is 22.6. The second-order valence-corrected chi connectivity index (χ2v) is 9.36. The number of halogens is 1. The molecule has 1 aliphatic rings. The van der Waals surface area contributed by atoms with Crippen molar-refractivity contribution in [1.82, 2.24) is 19.6 Å². The van der Waals surface area contributed by atoms with Crippen LogP contribution in [0.4, 0.5) is 0 Å². The third-order valence-electron chi connectivity index (χ3n) is 6.63. The highest BCUT2D eigenvalue weighted by Crippen LogP contribution is 2.21. The number of hydrogen-bond acceptors (Lipinski definition) is 4. The van der Waals surface area contributed by atoms with E-state index in [1.807, 2.05) is 0 Å². The van der Waals surface area contributed by atoms with Crippen LogP contribution in [0.15, 0.2) is 71.7 Å². The third-order valence-corrected chi connectivity index (χ3v) is 6.87. The van der Waals surface area contributed by atoms with Crippen LogP contribution < -0.4 is 10.9 Å². The molecule has 1 aliphatic heterocycles. The number of carbonyl (C=O) groups is 1. The highest BCUT2D eigenvalue weighted by Gasteiger charge is 2.20. The molecule has 1 amide bonds. The van der Waals surface area contributed by atoms with Gasteiger partial charge >= 0.3 is 0 Å². The van der Waals surface area contributed by atoms with Gasteiger partial charge in [0, 0.05) is 24.3 Å². The van der Waals surface area contributed by atoms with E-state index in [0.29, 0.717) is 33.7 Å². The molecule has 174 valence electrons. The van der Waals surface area contributed by atoms with Gasteiger partial charge in [-0.1, -0.05) is 41.9 Å². The zero-order valence-electron chi connectivity index (χ0n) is 18.9. The molecule has 1 fully saturated rings. The van der Waals surface area contributed by atoms with Gasteiger partial charge in [-0.3, -0.25) is 14.0 Å². The molecule has 0 atom stereocenters. The number of aromatic nitrogens is 2. The van der Waals surface area contributed by atoms with Gasteiger partial charge in [0.1, 0.15) is 0 Å². The van der Waals surface area contributed by atoms with Crippen LogP contribution >= 0.6 is 11.6 Å². The Morgan fingerprint density at radius 3 is 2.65 bits per heavy atom. The van der Waals surface area contributed by atoms with Crippen molar-refractivity contribution in [3.8, 4) is 0 Å². The van der Waals surface area contributed by atoms with Crippen molar-refractivity contribution in [2.45, 2.75) is 19.3 Å². The van der Waals surface area contributed by atoms with Crippen LogP contribution in [0, 0.1) is 5.92 Å². The molecule has 0 radical (unpaired) electrons. The van der Waals surface area contributed by atoms with Gasteiger partial charge in [-0.05, 0) is 74.2 Å². The summed E-state index contributed by atoms with van der Waals surface area (Å²) >= 11 is 6.05. The summed E-state index contributed by atoms with van der Waals surface area (Å²) in [7, 11) is 0. The van der Waals surface area contributed by atoms with Crippen molar-refractivity contribution < 1.29 is 4.79 Å². The lowest BCUT2D eigenvalue weighted by Crippen LogP contribution is -2.40. The van der Waals surface area contributed by atoms with E-state index in [0.717, 1.165) is 32.0 Å². The van der Waals surface area contributed by atoms with Crippen molar-refractivity contribution in [3.63, 3.8) is 0 Å². The molecule has 0 unspecified atom stereocenters. The van der Waals surface area contributed by atoms with E-state index >= 15 is 0 Å². The van der Waals surface area contributed by atoms with Gasteiger partial charge in [0.25, 0.3) is 11.5 Å². The number of piperidine rings is 1. The predicted molar refractivity (Wildman–Crippen MR) is 136 cm³/mol. The van der Waals surface area contributed by atoms with Gasteiger partial charge in [0.15, 0.2) is 5.65 Å². The average Bonchev–Trinajstić information content (AvgIpc) is 2.86. The minimum absolute atomic E-state index is 0.225. The fourth-order valence-electron chi connectivity index (χ4n) is 4.76. The molecule has 0 bridgehead atoms. The van der Waals surface area contributed by atoms with E-state index in [-0.39, 0.29) is 11.5 Å². The van der Waals surface area contributed by atoms with Crippen LogP contribution in [0.3, 0.4) is 0 Å². The van der Waals surface area contributed by atoms with Gasteiger partial charge in [0.05, 0.1) is 16.5 Å². The molecular formula is C27H27ClN4O2. The van der Waals surface area contributed by atoms with Crippen molar-refractivity contribution in [2.75, 3.05) is 26.2 Å². The minimum atomic E-state index is -0.240. The maximum absolute atomic E-state index is 13.0. The number of carbonyl (C=O) groups excluding carboxylic acids is 1. The van der Waals surface area contributed by atoms with Gasteiger partial charge < -0.3 is 10.2 Å². The molecule has 0 saturated carbocycles. The fraction of sp³-hybridized carbons (Fsp3) is 0.296. The molecule has 0 aliphatic carbocycles.